The van der Waals surface area contributed by atoms with Crippen LogP contribution < -0.4 is 24.8 Å². The molecule has 3 rings (SSSR count). The van der Waals surface area contributed by atoms with Gasteiger partial charge in [-0.15, -0.1) is 24.0 Å². The van der Waals surface area contributed by atoms with Gasteiger partial charge in [0.1, 0.15) is 11.6 Å². The van der Waals surface area contributed by atoms with E-state index in [1.54, 1.807) is 6.07 Å². The smallest absolute Gasteiger partial charge is 0.387 e. The van der Waals surface area contributed by atoms with E-state index in [1.807, 2.05) is 6.92 Å². The molecule has 31 heavy (non-hydrogen) atoms. The number of alkyl halides is 2. The SMILES string of the molecule is CCNC(=NCc1cc2c(cc1OC(F)F)OCO2)NCC(O)c1ccccc1F.I. The first-order valence-corrected chi connectivity index (χ1v) is 9.30. The molecule has 2 aromatic rings. The molecule has 0 radical (unpaired) electrons. The van der Waals surface area contributed by atoms with Gasteiger partial charge < -0.3 is 30.0 Å². The van der Waals surface area contributed by atoms with E-state index < -0.39 is 18.5 Å². The van der Waals surface area contributed by atoms with Crippen molar-refractivity contribution in [3.05, 3.63) is 53.3 Å². The molecule has 0 amide bonds. The maximum atomic E-state index is 13.8. The summed E-state index contributed by atoms with van der Waals surface area (Å²) in [6, 6.07) is 8.79. The summed E-state index contributed by atoms with van der Waals surface area (Å²) >= 11 is 0. The molecule has 2 aromatic carbocycles. The van der Waals surface area contributed by atoms with Crippen LogP contribution in [0.5, 0.6) is 17.2 Å². The van der Waals surface area contributed by atoms with Crippen LogP contribution in [0.15, 0.2) is 41.4 Å². The number of ether oxygens (including phenoxy) is 3. The van der Waals surface area contributed by atoms with E-state index in [-0.39, 0.29) is 55.2 Å². The van der Waals surface area contributed by atoms with Crippen LogP contribution in [0.1, 0.15) is 24.2 Å². The number of aliphatic hydroxyl groups is 1. The molecule has 0 bridgehead atoms. The highest BCUT2D eigenvalue weighted by atomic mass is 127. The van der Waals surface area contributed by atoms with E-state index in [1.165, 1.54) is 30.3 Å². The summed E-state index contributed by atoms with van der Waals surface area (Å²) in [5.41, 5.74) is 0.524. The summed E-state index contributed by atoms with van der Waals surface area (Å²) in [4.78, 5) is 4.33. The Morgan fingerprint density at radius 1 is 1.19 bits per heavy atom. The van der Waals surface area contributed by atoms with Gasteiger partial charge >= 0.3 is 6.61 Å². The van der Waals surface area contributed by atoms with Crippen molar-refractivity contribution in [1.29, 1.82) is 0 Å². The summed E-state index contributed by atoms with van der Waals surface area (Å²) < 4.78 is 54.4. The Morgan fingerprint density at radius 3 is 2.58 bits per heavy atom. The number of nitrogens with zero attached hydrogens (tertiary/aromatic N) is 1. The van der Waals surface area contributed by atoms with Crippen LogP contribution >= 0.6 is 24.0 Å². The highest BCUT2D eigenvalue weighted by molar-refractivity contribution is 14.0. The number of fused-ring (bicyclic) bond motifs is 1. The molecule has 1 aliphatic rings. The lowest BCUT2D eigenvalue weighted by molar-refractivity contribution is -0.0505. The lowest BCUT2D eigenvalue weighted by Gasteiger charge is -2.16. The largest absolute Gasteiger partial charge is 0.454 e. The number of nitrogens with one attached hydrogen (secondary N) is 2. The van der Waals surface area contributed by atoms with Gasteiger partial charge in [-0.3, -0.25) is 0 Å². The van der Waals surface area contributed by atoms with Crippen molar-refractivity contribution in [2.24, 2.45) is 4.99 Å². The topological polar surface area (TPSA) is 84.3 Å². The Bertz CT molecular complexity index is 902. The lowest BCUT2D eigenvalue weighted by atomic mass is 10.1. The second kappa shape index (κ2) is 11.8. The molecule has 170 valence electrons. The zero-order valence-corrected chi connectivity index (χ0v) is 18.9. The van der Waals surface area contributed by atoms with Gasteiger partial charge in [-0.25, -0.2) is 9.38 Å². The second-order valence-electron chi connectivity index (χ2n) is 6.31. The van der Waals surface area contributed by atoms with Crippen molar-refractivity contribution in [2.45, 2.75) is 26.2 Å². The number of hydrogen-bond acceptors (Lipinski definition) is 5. The summed E-state index contributed by atoms with van der Waals surface area (Å²) in [5.74, 6) is 0.461. The molecule has 0 spiro atoms. The fourth-order valence-corrected chi connectivity index (χ4v) is 2.85. The molecule has 1 atom stereocenters. The predicted molar refractivity (Wildman–Crippen MR) is 119 cm³/mol. The van der Waals surface area contributed by atoms with Gasteiger partial charge in [-0.1, -0.05) is 18.2 Å². The van der Waals surface area contributed by atoms with Crippen molar-refractivity contribution in [3.63, 3.8) is 0 Å². The highest BCUT2D eigenvalue weighted by Crippen LogP contribution is 2.39. The number of guanidine groups is 1. The maximum absolute atomic E-state index is 13.8. The van der Waals surface area contributed by atoms with Crippen LogP contribution in [0.2, 0.25) is 0 Å². The van der Waals surface area contributed by atoms with E-state index in [9.17, 15) is 18.3 Å². The normalized spacial score (nSPS) is 13.5. The molecule has 0 saturated carbocycles. The molecule has 1 aliphatic heterocycles. The third kappa shape index (κ3) is 6.79. The predicted octanol–water partition coefficient (Wildman–Crippen LogP) is 3.56. The summed E-state index contributed by atoms with van der Waals surface area (Å²) in [6.07, 6.45) is -1.10. The third-order valence-corrected chi connectivity index (χ3v) is 4.25. The Labute approximate surface area is 194 Å². The number of hydrogen-bond donors (Lipinski definition) is 3. The number of aliphatic hydroxyl groups excluding tert-OH is 1. The van der Waals surface area contributed by atoms with E-state index in [2.05, 4.69) is 20.4 Å². The fraction of sp³-hybridized carbons (Fsp3) is 0.350. The highest BCUT2D eigenvalue weighted by Gasteiger charge is 2.20. The number of halogens is 4. The van der Waals surface area contributed by atoms with Crippen molar-refractivity contribution < 1.29 is 32.5 Å². The Morgan fingerprint density at radius 2 is 1.90 bits per heavy atom. The first kappa shape index (κ1) is 24.9. The van der Waals surface area contributed by atoms with E-state index in [0.29, 0.717) is 29.6 Å². The van der Waals surface area contributed by atoms with Crippen molar-refractivity contribution in [2.75, 3.05) is 19.9 Å². The van der Waals surface area contributed by atoms with Crippen LogP contribution in [0.3, 0.4) is 0 Å². The Balaban J connectivity index is 0.00000341. The molecule has 7 nitrogen and oxygen atoms in total. The summed E-state index contributed by atoms with van der Waals surface area (Å²) in [7, 11) is 0. The van der Waals surface area contributed by atoms with Gasteiger partial charge in [0.2, 0.25) is 6.79 Å². The van der Waals surface area contributed by atoms with Crippen LogP contribution in [0.25, 0.3) is 0 Å². The van der Waals surface area contributed by atoms with E-state index in [0.717, 1.165) is 0 Å². The third-order valence-electron chi connectivity index (χ3n) is 4.25. The minimum atomic E-state index is -3.00. The zero-order valence-electron chi connectivity index (χ0n) is 16.6. The zero-order chi connectivity index (χ0) is 21.5. The van der Waals surface area contributed by atoms with E-state index in [4.69, 9.17) is 9.47 Å². The molecule has 0 saturated heterocycles. The van der Waals surface area contributed by atoms with Crippen LogP contribution in [0, 0.1) is 5.82 Å². The van der Waals surface area contributed by atoms with E-state index >= 15 is 0 Å². The average Bonchev–Trinajstić information content (AvgIpc) is 3.16. The molecule has 3 N–H and O–H groups in total. The van der Waals surface area contributed by atoms with Crippen molar-refractivity contribution in [3.8, 4) is 17.2 Å². The van der Waals surface area contributed by atoms with Gasteiger partial charge in [-0.2, -0.15) is 8.78 Å². The Kier molecular flexibility index (Phi) is 9.49. The number of rotatable bonds is 8. The minimum absolute atomic E-state index is 0. The summed E-state index contributed by atoms with van der Waals surface area (Å²) in [5, 5.41) is 16.1. The second-order valence-corrected chi connectivity index (χ2v) is 6.31. The molecule has 1 heterocycles. The van der Waals surface area contributed by atoms with Gasteiger partial charge in [-0.05, 0) is 19.1 Å². The van der Waals surface area contributed by atoms with Gasteiger partial charge in [0, 0.05) is 30.3 Å². The first-order valence-electron chi connectivity index (χ1n) is 9.30. The quantitative estimate of drug-likeness (QED) is 0.264. The van der Waals surface area contributed by atoms with Crippen LogP contribution in [-0.2, 0) is 6.54 Å². The van der Waals surface area contributed by atoms with Crippen LogP contribution in [-0.4, -0.2) is 37.6 Å². The maximum Gasteiger partial charge on any atom is 0.387 e. The monoisotopic (exact) mass is 553 g/mol. The standard InChI is InChI=1S/C20H22F3N3O4.HI/c1-2-24-20(26-10-15(27)13-5-3-4-6-14(13)21)25-9-12-7-17-18(29-11-28-17)8-16(12)30-19(22)23;/h3-8,15,19,27H,2,9-11H2,1H3,(H2,24,25,26);1H. The number of benzene rings is 2. The molecular weight excluding hydrogens is 530 g/mol. The molecule has 1 unspecified atom stereocenters. The molecule has 0 fully saturated rings. The van der Waals surface area contributed by atoms with Gasteiger partial charge in [0.05, 0.1) is 12.6 Å². The van der Waals surface area contributed by atoms with Crippen molar-refractivity contribution >= 4 is 29.9 Å². The van der Waals surface area contributed by atoms with Gasteiger partial charge in [0.25, 0.3) is 0 Å². The molecule has 0 aliphatic carbocycles. The van der Waals surface area contributed by atoms with Crippen molar-refractivity contribution in [1.82, 2.24) is 10.6 Å². The fourth-order valence-electron chi connectivity index (χ4n) is 2.85. The van der Waals surface area contributed by atoms with Crippen LogP contribution in [0.4, 0.5) is 13.2 Å². The average molecular weight is 553 g/mol. The van der Waals surface area contributed by atoms with Gasteiger partial charge in [0.15, 0.2) is 17.5 Å². The molecule has 11 heteroatoms. The Hall–Kier alpha value is -2.41. The minimum Gasteiger partial charge on any atom is -0.454 e. The first-order chi connectivity index (χ1) is 14.5. The molecular formula is C20H23F3IN3O4. The lowest BCUT2D eigenvalue weighted by Crippen LogP contribution is -2.39. The summed E-state index contributed by atoms with van der Waals surface area (Å²) in [6.45, 7) is -0.665. The number of aliphatic imine (C=N–C) groups is 1. The molecule has 0 aromatic heterocycles.